The van der Waals surface area contributed by atoms with Crippen LogP contribution in [0.4, 0.5) is 5.82 Å². The molecule has 14 heteroatoms. The van der Waals surface area contributed by atoms with E-state index in [-0.39, 0.29) is 17.4 Å². The van der Waals surface area contributed by atoms with Crippen LogP contribution in [0.1, 0.15) is 20.4 Å². The van der Waals surface area contributed by atoms with E-state index >= 15 is 0 Å². The molecule has 0 spiro atoms. The first-order valence-corrected chi connectivity index (χ1v) is 11.4. The third-order valence-corrected chi connectivity index (χ3v) is 6.25. The number of rotatable bonds is 7. The highest BCUT2D eigenvalue weighted by Gasteiger charge is 2.29. The molecule has 4 amide bonds. The number of fused-ring (bicyclic) bond motifs is 1. The van der Waals surface area contributed by atoms with E-state index in [1.165, 1.54) is 43.8 Å². The van der Waals surface area contributed by atoms with Crippen LogP contribution in [0.3, 0.4) is 0 Å². The Labute approximate surface area is 204 Å². The van der Waals surface area contributed by atoms with E-state index in [0.717, 1.165) is 28.6 Å². The van der Waals surface area contributed by atoms with Crippen LogP contribution in [0.15, 0.2) is 18.3 Å². The third kappa shape index (κ3) is 6.47. The molecule has 0 radical (unpaired) electrons. The van der Waals surface area contributed by atoms with Crippen LogP contribution < -0.4 is 16.0 Å². The Hall–Kier alpha value is -3.13. The topological polar surface area (TPSA) is 146 Å². The number of pyridine rings is 1. The van der Waals surface area contributed by atoms with E-state index in [1.807, 2.05) is 7.05 Å². The fraction of sp³-hybridized carbons (Fsp3) is 0.400. The number of hydrogen-bond donors (Lipinski definition) is 3. The van der Waals surface area contributed by atoms with Crippen molar-refractivity contribution in [3.63, 3.8) is 0 Å². The van der Waals surface area contributed by atoms with Crippen molar-refractivity contribution in [3.8, 4) is 0 Å². The van der Waals surface area contributed by atoms with Gasteiger partial charge in [0.1, 0.15) is 11.9 Å². The molecule has 0 aliphatic carbocycles. The van der Waals surface area contributed by atoms with Gasteiger partial charge in [-0.2, -0.15) is 0 Å². The molecule has 3 rings (SSSR count). The van der Waals surface area contributed by atoms with Gasteiger partial charge in [-0.15, -0.1) is 11.3 Å². The number of carbonyl (C=O) groups excluding carboxylic acids is 4. The van der Waals surface area contributed by atoms with Crippen molar-refractivity contribution < 1.29 is 24.0 Å². The Bertz CT molecular complexity index is 1080. The van der Waals surface area contributed by atoms with Crippen molar-refractivity contribution in [2.45, 2.75) is 19.0 Å². The Morgan fingerprint density at radius 1 is 1.29 bits per heavy atom. The highest BCUT2D eigenvalue weighted by atomic mass is 35.5. The standard InChI is InChI=1S/C20H24ClN7O5S/c1-27-7-6-12-14(10-27)34-19(25-12)18(31)24-13(20(32)28(2)33-3)9-23-16(29)17(30)26-15-5-4-11(21)8-22-15/h4-5,8,13H,6-7,9-10H2,1-3H3,(H,23,29)(H,24,31)(H,22,26,30). The van der Waals surface area contributed by atoms with Gasteiger partial charge in [0.25, 0.3) is 11.8 Å². The molecule has 3 N–H and O–H groups in total. The van der Waals surface area contributed by atoms with Crippen molar-refractivity contribution in [2.75, 3.05) is 39.6 Å². The van der Waals surface area contributed by atoms with E-state index < -0.39 is 29.7 Å². The first kappa shape index (κ1) is 25.5. The highest BCUT2D eigenvalue weighted by Crippen LogP contribution is 2.24. The molecule has 3 heterocycles. The van der Waals surface area contributed by atoms with Gasteiger partial charge in [0.2, 0.25) is 0 Å². The lowest BCUT2D eigenvalue weighted by Gasteiger charge is -2.22. The minimum absolute atomic E-state index is 0.128. The lowest BCUT2D eigenvalue weighted by atomic mass is 10.2. The molecule has 0 saturated heterocycles. The van der Waals surface area contributed by atoms with Crippen molar-refractivity contribution in [1.82, 2.24) is 30.6 Å². The molecule has 1 unspecified atom stereocenters. The van der Waals surface area contributed by atoms with Gasteiger partial charge in [-0.05, 0) is 19.2 Å². The molecule has 1 atom stereocenters. The lowest BCUT2D eigenvalue weighted by Crippen LogP contribution is -2.53. The molecule has 0 aromatic carbocycles. The molecule has 2 aromatic heterocycles. The van der Waals surface area contributed by atoms with Crippen molar-refractivity contribution in [2.24, 2.45) is 0 Å². The molecule has 0 fully saturated rings. The van der Waals surface area contributed by atoms with Gasteiger partial charge in [0.15, 0.2) is 5.01 Å². The second kappa shape index (κ2) is 11.3. The van der Waals surface area contributed by atoms with Crippen LogP contribution in [-0.2, 0) is 32.2 Å². The predicted molar refractivity (Wildman–Crippen MR) is 124 cm³/mol. The summed E-state index contributed by atoms with van der Waals surface area (Å²) in [4.78, 5) is 66.2. The number of anilines is 1. The average Bonchev–Trinajstić information content (AvgIpc) is 3.25. The fourth-order valence-corrected chi connectivity index (χ4v) is 4.25. The molecule has 0 bridgehead atoms. The van der Waals surface area contributed by atoms with Crippen molar-refractivity contribution in [3.05, 3.63) is 38.9 Å². The number of hydroxylamine groups is 2. The first-order valence-electron chi connectivity index (χ1n) is 10.2. The summed E-state index contributed by atoms with van der Waals surface area (Å²) in [6.07, 6.45) is 2.05. The summed E-state index contributed by atoms with van der Waals surface area (Å²) in [6.45, 7) is 1.19. The number of thiazole rings is 1. The largest absolute Gasteiger partial charge is 0.345 e. The van der Waals surface area contributed by atoms with E-state index in [9.17, 15) is 19.2 Å². The summed E-state index contributed by atoms with van der Waals surface area (Å²) in [5.74, 6) is -3.07. The molecule has 182 valence electrons. The summed E-state index contributed by atoms with van der Waals surface area (Å²) in [7, 11) is 4.63. The minimum atomic E-state index is -1.20. The van der Waals surface area contributed by atoms with Crippen LogP contribution in [0.5, 0.6) is 0 Å². The van der Waals surface area contributed by atoms with E-state index in [1.54, 1.807) is 0 Å². The highest BCUT2D eigenvalue weighted by molar-refractivity contribution is 7.13. The second-order valence-electron chi connectivity index (χ2n) is 7.45. The second-order valence-corrected chi connectivity index (χ2v) is 8.97. The number of aromatic nitrogens is 2. The SMILES string of the molecule is CON(C)C(=O)C(CNC(=O)C(=O)Nc1ccc(Cl)cn1)NC(=O)c1nc2c(s1)CN(C)CC2. The molecule has 1 aliphatic rings. The molecule has 0 saturated carbocycles. The lowest BCUT2D eigenvalue weighted by molar-refractivity contribution is -0.170. The number of amides is 4. The van der Waals surface area contributed by atoms with E-state index in [2.05, 4.69) is 30.8 Å². The maximum atomic E-state index is 12.8. The summed E-state index contributed by atoms with van der Waals surface area (Å²) in [5, 5.41) is 8.72. The molecule has 2 aromatic rings. The number of halogens is 1. The Balaban J connectivity index is 1.64. The number of nitrogens with one attached hydrogen (secondary N) is 3. The maximum Gasteiger partial charge on any atom is 0.314 e. The van der Waals surface area contributed by atoms with Crippen LogP contribution in [0.2, 0.25) is 5.02 Å². The normalized spacial score (nSPS) is 14.0. The summed E-state index contributed by atoms with van der Waals surface area (Å²) < 4.78 is 0. The van der Waals surface area contributed by atoms with E-state index in [4.69, 9.17) is 16.4 Å². The van der Waals surface area contributed by atoms with Gasteiger partial charge < -0.3 is 20.9 Å². The Morgan fingerprint density at radius 3 is 2.74 bits per heavy atom. The zero-order chi connectivity index (χ0) is 24.8. The predicted octanol–water partition coefficient (Wildman–Crippen LogP) is 0.0525. The third-order valence-electron chi connectivity index (χ3n) is 4.95. The van der Waals surface area contributed by atoms with Gasteiger partial charge in [0, 0.05) is 44.2 Å². The van der Waals surface area contributed by atoms with Gasteiger partial charge in [0.05, 0.1) is 17.8 Å². The maximum absolute atomic E-state index is 12.8. The smallest absolute Gasteiger partial charge is 0.314 e. The number of carbonyl (C=O) groups is 4. The van der Waals surface area contributed by atoms with Gasteiger partial charge in [-0.1, -0.05) is 11.6 Å². The van der Waals surface area contributed by atoms with Crippen LogP contribution in [0.25, 0.3) is 0 Å². The average molecular weight is 510 g/mol. The van der Waals surface area contributed by atoms with Gasteiger partial charge in [-0.25, -0.2) is 15.0 Å². The molecular formula is C20H24ClN7O5S. The number of nitrogens with zero attached hydrogens (tertiary/aromatic N) is 4. The van der Waals surface area contributed by atoms with Crippen molar-refractivity contribution in [1.29, 1.82) is 0 Å². The zero-order valence-electron chi connectivity index (χ0n) is 18.8. The van der Waals surface area contributed by atoms with Gasteiger partial charge in [-0.3, -0.25) is 24.0 Å². The number of hydrogen-bond acceptors (Lipinski definition) is 9. The molecule has 34 heavy (non-hydrogen) atoms. The summed E-state index contributed by atoms with van der Waals surface area (Å²) >= 11 is 7.00. The molecule has 1 aliphatic heterocycles. The first-order chi connectivity index (χ1) is 16.2. The van der Waals surface area contributed by atoms with Gasteiger partial charge >= 0.3 is 11.8 Å². The van der Waals surface area contributed by atoms with E-state index in [0.29, 0.717) is 11.6 Å². The molecular weight excluding hydrogens is 486 g/mol. The quantitative estimate of drug-likeness (QED) is 0.350. The van der Waals surface area contributed by atoms with Crippen LogP contribution in [-0.4, -0.2) is 83.9 Å². The Morgan fingerprint density at radius 2 is 2.06 bits per heavy atom. The van der Waals surface area contributed by atoms with Crippen LogP contribution >= 0.6 is 22.9 Å². The number of likely N-dealkylation sites (N-methyl/N-ethyl adjacent to an activating group) is 2. The summed E-state index contributed by atoms with van der Waals surface area (Å²) in [5.41, 5.74) is 0.867. The van der Waals surface area contributed by atoms with Crippen molar-refractivity contribution >= 4 is 52.4 Å². The monoisotopic (exact) mass is 509 g/mol. The molecule has 12 nitrogen and oxygen atoms in total. The van der Waals surface area contributed by atoms with Crippen LogP contribution in [0, 0.1) is 0 Å². The fourth-order valence-electron chi connectivity index (χ4n) is 3.05. The minimum Gasteiger partial charge on any atom is -0.345 e. The summed E-state index contributed by atoms with van der Waals surface area (Å²) in [6, 6.07) is 1.73. The zero-order valence-corrected chi connectivity index (χ0v) is 20.3. The Kier molecular flexibility index (Phi) is 8.50.